The van der Waals surface area contributed by atoms with Crippen LogP contribution in [0.15, 0.2) is 0 Å². The number of rotatable bonds is 14. The fraction of sp³-hybridized carbons (Fsp3) is 0.950. The minimum Gasteiger partial charge on any atom is -0.397 e. The number of aliphatic hydroxyl groups excluding tert-OH is 18. The Morgan fingerprint density at radius 1 is 0.462 bits per heavy atom. The Balaban J connectivity index is -0.000000130. The van der Waals surface area contributed by atoms with Gasteiger partial charge in [-0.3, -0.25) is 4.79 Å². The maximum Gasteiger partial charge on any atom is 0.189 e. The molecule has 0 aliphatic rings. The van der Waals surface area contributed by atoms with E-state index in [0.29, 0.717) is 0 Å². The van der Waals surface area contributed by atoms with Crippen molar-refractivity contribution < 1.29 is 96.7 Å². The molecule has 0 radical (unpaired) electrons. The second kappa shape index (κ2) is 33.2. The monoisotopic (exact) mass is 592 g/mol. The Morgan fingerprint density at radius 3 is 0.897 bits per heavy atom. The molecule has 19 nitrogen and oxygen atoms in total. The summed E-state index contributed by atoms with van der Waals surface area (Å²) in [7, 11) is 0. The third kappa shape index (κ3) is 29.8. The summed E-state index contributed by atoms with van der Waals surface area (Å²) in [5.41, 5.74) is 0. The van der Waals surface area contributed by atoms with E-state index in [1.807, 2.05) is 0 Å². The Labute approximate surface area is 224 Å². The summed E-state index contributed by atoms with van der Waals surface area (Å²) >= 11 is 0. The van der Waals surface area contributed by atoms with E-state index in [1.54, 1.807) is 6.92 Å². The molecule has 0 rings (SSSR count). The summed E-state index contributed by atoms with van der Waals surface area (Å²) in [4.78, 5) is 10.5. The average Bonchev–Trinajstić information content (AvgIpc) is 2.97. The van der Waals surface area contributed by atoms with Crippen LogP contribution in [0.25, 0.3) is 0 Å². The zero-order valence-electron chi connectivity index (χ0n) is 21.5. The second-order valence-electron chi connectivity index (χ2n) is 7.14. The van der Waals surface area contributed by atoms with Crippen LogP contribution in [0.2, 0.25) is 0 Å². The number of carbonyl (C=O) groups excluding carboxylic acids is 1. The lowest BCUT2D eigenvalue weighted by Gasteiger charge is -2.19. The minimum atomic E-state index is -1.86. The zero-order valence-corrected chi connectivity index (χ0v) is 21.5. The van der Waals surface area contributed by atoms with Gasteiger partial charge in [-0.15, -0.1) is 0 Å². The van der Waals surface area contributed by atoms with Crippen molar-refractivity contribution in [2.45, 2.75) is 61.9 Å². The highest BCUT2D eigenvalue weighted by Crippen LogP contribution is 2.00. The number of hydrogen-bond donors (Lipinski definition) is 18. The van der Waals surface area contributed by atoms with Gasteiger partial charge in [0, 0.05) is 6.61 Å². The Morgan fingerprint density at radius 2 is 0.718 bits per heavy atom. The van der Waals surface area contributed by atoms with Gasteiger partial charge in [-0.2, -0.15) is 0 Å². The van der Waals surface area contributed by atoms with Crippen molar-refractivity contribution in [2.24, 2.45) is 0 Å². The van der Waals surface area contributed by atoms with E-state index in [1.165, 1.54) is 0 Å². The molecule has 0 saturated heterocycles. The van der Waals surface area contributed by atoms with Crippen molar-refractivity contribution in [3.8, 4) is 0 Å². The smallest absolute Gasteiger partial charge is 0.189 e. The standard InChI is InChI=1S/C6H12O6.C5H12O5.C4H10O4.C3H8O3.C2H6O/c7-1-3(9)5(11)6(12)4(10)2-8;6-1-3(8)5(10)4(9)2-7;5-1-3(7)4(8)2-6;4-1-3(6)2-5;1-2-3/h3,5-9,11-12H,1-2H2;3-10H,1-2H2;3-8H,1-2H2;3-6H,1-2H2;3H,2H2,1H3/t3-,5-,6-;3-,4+,5-;3-,4+;;/m1..../s1. The third-order valence-electron chi connectivity index (χ3n) is 3.79. The first-order valence-corrected chi connectivity index (χ1v) is 11.2. The van der Waals surface area contributed by atoms with Crippen molar-refractivity contribution in [1.29, 1.82) is 0 Å². The SMILES string of the molecule is CCO.O=C(CO)[C@@H](O)[C@H](O)[C@H](O)CO.OCC(O)CO.OC[C@@H](O)[C@@H](O)CO.OC[C@@H](O)[C@@H](O)[C@@H](O)CO. The molecule has 0 heterocycles. The fourth-order valence-electron chi connectivity index (χ4n) is 1.38. The van der Waals surface area contributed by atoms with Gasteiger partial charge in [0.25, 0.3) is 0 Å². The molecular weight excluding hydrogens is 544 g/mol. The molecule has 0 aliphatic carbocycles. The summed E-state index contributed by atoms with van der Waals surface area (Å²) in [6.45, 7) is -2.82. The van der Waals surface area contributed by atoms with Gasteiger partial charge in [0.2, 0.25) is 0 Å². The van der Waals surface area contributed by atoms with Gasteiger partial charge in [-0.1, -0.05) is 0 Å². The maximum absolute atomic E-state index is 10.5. The van der Waals surface area contributed by atoms with Gasteiger partial charge < -0.3 is 91.9 Å². The summed E-state index contributed by atoms with van der Waals surface area (Å²) < 4.78 is 0. The molecule has 242 valence electrons. The minimum absolute atomic E-state index is 0.250. The molecule has 39 heavy (non-hydrogen) atoms. The van der Waals surface area contributed by atoms with Crippen LogP contribution in [-0.4, -0.2) is 212 Å². The lowest BCUT2D eigenvalue weighted by molar-refractivity contribution is -0.142. The first-order valence-electron chi connectivity index (χ1n) is 11.2. The fourth-order valence-corrected chi connectivity index (χ4v) is 1.38. The third-order valence-corrected chi connectivity index (χ3v) is 3.79. The maximum atomic E-state index is 10.5. The highest BCUT2D eigenvalue weighted by atomic mass is 16.4. The van der Waals surface area contributed by atoms with Gasteiger partial charge in [0.1, 0.15) is 61.5 Å². The van der Waals surface area contributed by atoms with Crippen LogP contribution in [0.3, 0.4) is 0 Å². The van der Waals surface area contributed by atoms with Gasteiger partial charge >= 0.3 is 0 Å². The molecule has 0 fully saturated rings. The van der Waals surface area contributed by atoms with E-state index < -0.39 is 100 Å². The molecule has 0 aliphatic heterocycles. The van der Waals surface area contributed by atoms with Gasteiger partial charge in [-0.25, -0.2) is 0 Å². The number of ketones is 1. The summed E-state index contributed by atoms with van der Waals surface area (Å²) in [5.74, 6) is -1.00. The van der Waals surface area contributed by atoms with Crippen LogP contribution in [0.5, 0.6) is 0 Å². The summed E-state index contributed by atoms with van der Waals surface area (Å²) in [5, 5.41) is 150. The van der Waals surface area contributed by atoms with Gasteiger partial charge in [0.05, 0.1) is 46.2 Å². The van der Waals surface area contributed by atoms with E-state index in [0.717, 1.165) is 0 Å². The van der Waals surface area contributed by atoms with E-state index in [-0.39, 0.29) is 19.8 Å². The van der Waals surface area contributed by atoms with Crippen LogP contribution in [0.1, 0.15) is 6.92 Å². The molecule has 0 spiro atoms. The molecule has 0 aromatic rings. The molecule has 8 atom stereocenters. The Hall–Kier alpha value is -1.05. The molecule has 0 aromatic heterocycles. The van der Waals surface area contributed by atoms with Crippen LogP contribution >= 0.6 is 0 Å². The predicted molar refractivity (Wildman–Crippen MR) is 129 cm³/mol. The van der Waals surface area contributed by atoms with E-state index in [4.69, 9.17) is 91.9 Å². The molecule has 0 unspecified atom stereocenters. The molecule has 0 bridgehead atoms. The molecule has 0 saturated carbocycles. The normalized spacial score (nSPS) is 16.5. The Kier molecular flexibility index (Phi) is 40.6. The topological polar surface area (TPSA) is 381 Å². The van der Waals surface area contributed by atoms with Crippen molar-refractivity contribution in [1.82, 2.24) is 0 Å². The average molecular weight is 593 g/mol. The largest absolute Gasteiger partial charge is 0.397 e. The van der Waals surface area contributed by atoms with Crippen LogP contribution in [-0.2, 0) is 4.79 Å². The quantitative estimate of drug-likeness (QED) is 0.0889. The van der Waals surface area contributed by atoms with Crippen LogP contribution in [0, 0.1) is 0 Å². The van der Waals surface area contributed by atoms with Crippen molar-refractivity contribution in [3.05, 3.63) is 0 Å². The Bertz CT molecular complexity index is 466. The zero-order chi connectivity index (χ0) is 32.1. The number of hydrogen-bond acceptors (Lipinski definition) is 19. The summed E-state index contributed by atoms with van der Waals surface area (Å²) in [6.07, 6.45) is -12.9. The first kappa shape index (κ1) is 47.7. The van der Waals surface area contributed by atoms with E-state index >= 15 is 0 Å². The van der Waals surface area contributed by atoms with Crippen LogP contribution in [0.4, 0.5) is 0 Å². The number of Topliss-reactive ketones (excluding diaryl/α,β-unsaturated/α-hetero) is 1. The molecule has 19 heteroatoms. The first-order chi connectivity index (χ1) is 18.1. The van der Waals surface area contributed by atoms with E-state index in [2.05, 4.69) is 0 Å². The molecule has 0 aromatic carbocycles. The highest BCUT2D eigenvalue weighted by Gasteiger charge is 2.29. The lowest BCUT2D eigenvalue weighted by Crippen LogP contribution is -2.44. The van der Waals surface area contributed by atoms with Gasteiger partial charge in [-0.05, 0) is 6.92 Å². The van der Waals surface area contributed by atoms with Crippen molar-refractivity contribution in [2.75, 3.05) is 59.5 Å². The molecule has 0 amide bonds. The van der Waals surface area contributed by atoms with Crippen molar-refractivity contribution >= 4 is 5.78 Å². The van der Waals surface area contributed by atoms with Crippen LogP contribution < -0.4 is 0 Å². The second-order valence-corrected chi connectivity index (χ2v) is 7.14. The number of carbonyl (C=O) groups is 1. The predicted octanol–water partition coefficient (Wildman–Crippen LogP) is -10.3. The molecule has 18 N–H and O–H groups in total. The number of aliphatic hydroxyl groups is 18. The lowest BCUT2D eigenvalue weighted by atomic mass is 10.1. The van der Waals surface area contributed by atoms with Gasteiger partial charge in [0.15, 0.2) is 5.78 Å². The van der Waals surface area contributed by atoms with Crippen molar-refractivity contribution in [3.63, 3.8) is 0 Å². The summed E-state index contributed by atoms with van der Waals surface area (Å²) in [6, 6.07) is 0. The van der Waals surface area contributed by atoms with E-state index in [9.17, 15) is 4.79 Å². The highest BCUT2D eigenvalue weighted by molar-refractivity contribution is 5.84. The molecular formula is C20H48O19.